The molecule has 1 fully saturated rings. The monoisotopic (exact) mass is 218 g/mol. The first-order valence-corrected chi connectivity index (χ1v) is 7.33. The molecule has 0 unspecified atom stereocenters. The van der Waals surface area contributed by atoms with E-state index in [4.69, 9.17) is 8.23 Å². The third-order valence-electron chi connectivity index (χ3n) is 2.52. The van der Waals surface area contributed by atoms with Crippen molar-refractivity contribution >= 4 is 35.2 Å². The van der Waals surface area contributed by atoms with Gasteiger partial charge in [0.2, 0.25) is 0 Å². The lowest BCUT2D eigenvalue weighted by molar-refractivity contribution is 0.327. The molecule has 0 bridgehead atoms. The van der Waals surface area contributed by atoms with Crippen LogP contribution in [0.25, 0.3) is 10.8 Å². The van der Waals surface area contributed by atoms with Gasteiger partial charge in [0.15, 0.2) is 0 Å². The van der Waals surface area contributed by atoms with Gasteiger partial charge >= 0.3 is 9.28 Å². The number of rotatable bonds is 1. The van der Waals surface area contributed by atoms with E-state index in [0.717, 1.165) is 0 Å². The van der Waals surface area contributed by atoms with Crippen LogP contribution < -0.4 is 5.19 Å². The molecule has 0 aromatic heterocycles. The molecule has 0 radical (unpaired) electrons. The fraction of sp³-hybridized carbons (Fsp3) is 0. The van der Waals surface area contributed by atoms with Gasteiger partial charge in [-0.15, -0.1) is 0 Å². The third-order valence-corrected chi connectivity index (χ3v) is 7.04. The van der Waals surface area contributed by atoms with E-state index in [2.05, 4.69) is 42.5 Å². The van der Waals surface area contributed by atoms with Crippen LogP contribution >= 0.6 is 0 Å². The summed E-state index contributed by atoms with van der Waals surface area (Å²) >= 11 is 0. The van der Waals surface area contributed by atoms with Crippen LogP contribution in [0, 0.1) is 0 Å². The highest BCUT2D eigenvalue weighted by molar-refractivity contribution is 6.76. The SMILES string of the molecule is c1ccc2c([SiH]3O[SiH2]O3)cccc2c1. The summed E-state index contributed by atoms with van der Waals surface area (Å²) in [4.78, 5) is 0. The molecular weight excluding hydrogens is 208 g/mol. The smallest absolute Gasteiger partial charge is 0.338 e. The van der Waals surface area contributed by atoms with Crippen molar-refractivity contribution in [1.29, 1.82) is 0 Å². The molecule has 0 amide bonds. The minimum absolute atomic E-state index is 0.591. The zero-order valence-electron chi connectivity index (χ0n) is 7.64. The molecule has 3 rings (SSSR count). The van der Waals surface area contributed by atoms with Crippen molar-refractivity contribution in [3.05, 3.63) is 42.5 Å². The van der Waals surface area contributed by atoms with E-state index in [1.165, 1.54) is 16.0 Å². The van der Waals surface area contributed by atoms with Gasteiger partial charge in [-0.3, -0.25) is 0 Å². The maximum absolute atomic E-state index is 5.58. The first kappa shape index (κ1) is 8.37. The molecule has 70 valence electrons. The molecule has 0 spiro atoms. The van der Waals surface area contributed by atoms with E-state index in [9.17, 15) is 0 Å². The highest BCUT2D eigenvalue weighted by Crippen LogP contribution is 2.13. The molecule has 0 saturated carbocycles. The predicted octanol–water partition coefficient (Wildman–Crippen LogP) is 0.313. The van der Waals surface area contributed by atoms with E-state index in [1.54, 1.807) is 0 Å². The zero-order valence-corrected chi connectivity index (χ0v) is 10.2. The summed E-state index contributed by atoms with van der Waals surface area (Å²) in [5, 5.41) is 3.86. The average Bonchev–Trinajstić information content (AvgIpc) is 2.16. The van der Waals surface area contributed by atoms with E-state index >= 15 is 0 Å². The molecule has 1 aliphatic rings. The highest BCUT2D eigenvalue weighted by Gasteiger charge is 2.25. The second kappa shape index (κ2) is 3.32. The second-order valence-corrected chi connectivity index (χ2v) is 7.54. The van der Waals surface area contributed by atoms with Crippen molar-refractivity contribution in [2.75, 3.05) is 0 Å². The van der Waals surface area contributed by atoms with Crippen molar-refractivity contribution in [3.63, 3.8) is 0 Å². The summed E-state index contributed by atoms with van der Waals surface area (Å²) in [6.07, 6.45) is 0. The van der Waals surface area contributed by atoms with Gasteiger partial charge in [-0.05, 0) is 16.0 Å². The van der Waals surface area contributed by atoms with Gasteiger partial charge in [0.25, 0.3) is 10.0 Å². The highest BCUT2D eigenvalue weighted by atomic mass is 28.4. The van der Waals surface area contributed by atoms with Gasteiger partial charge in [-0.1, -0.05) is 42.5 Å². The Morgan fingerprint density at radius 3 is 2.50 bits per heavy atom. The Hall–Kier alpha value is -0.946. The van der Waals surface area contributed by atoms with Crippen LogP contribution in [0.2, 0.25) is 0 Å². The maximum atomic E-state index is 5.58. The lowest BCUT2D eigenvalue weighted by Crippen LogP contribution is -2.48. The van der Waals surface area contributed by atoms with Crippen LogP contribution in [0.5, 0.6) is 0 Å². The molecule has 0 atom stereocenters. The molecule has 1 saturated heterocycles. The molecule has 0 N–H and O–H groups in total. The van der Waals surface area contributed by atoms with Crippen molar-refractivity contribution in [1.82, 2.24) is 0 Å². The third kappa shape index (κ3) is 1.24. The molecule has 14 heavy (non-hydrogen) atoms. The summed E-state index contributed by atoms with van der Waals surface area (Å²) in [6, 6.07) is 14.7. The lowest BCUT2D eigenvalue weighted by Gasteiger charge is -2.26. The van der Waals surface area contributed by atoms with Crippen LogP contribution in [0.3, 0.4) is 0 Å². The summed E-state index contributed by atoms with van der Waals surface area (Å²) < 4.78 is 11.2. The number of fused-ring (bicyclic) bond motifs is 1. The first-order chi connectivity index (χ1) is 6.95. The Morgan fingerprint density at radius 1 is 0.929 bits per heavy atom. The second-order valence-electron chi connectivity index (χ2n) is 3.35. The standard InChI is InChI=1S/C10H10O2Si2/c1-2-6-9-8(4-1)5-3-7-10(9)14-11-13-12-14/h1-7,14H,13H2. The van der Waals surface area contributed by atoms with Crippen LogP contribution in [-0.4, -0.2) is 19.3 Å². The van der Waals surface area contributed by atoms with Crippen molar-refractivity contribution in [3.8, 4) is 0 Å². The van der Waals surface area contributed by atoms with Crippen LogP contribution in [-0.2, 0) is 8.23 Å². The fourth-order valence-corrected chi connectivity index (χ4v) is 5.08. The van der Waals surface area contributed by atoms with Gasteiger partial charge in [0.1, 0.15) is 0 Å². The molecular formula is C10H10O2Si2. The Labute approximate surface area is 86.4 Å². The Balaban J connectivity index is 2.22. The fourth-order valence-electron chi connectivity index (χ4n) is 1.77. The Morgan fingerprint density at radius 2 is 1.71 bits per heavy atom. The number of hydrogen-bond donors (Lipinski definition) is 0. The quantitative estimate of drug-likeness (QED) is 0.642. The van der Waals surface area contributed by atoms with E-state index in [1.807, 2.05) is 0 Å². The first-order valence-electron chi connectivity index (χ1n) is 4.66. The van der Waals surface area contributed by atoms with Crippen molar-refractivity contribution < 1.29 is 8.23 Å². The van der Waals surface area contributed by atoms with Gasteiger partial charge in [-0.2, -0.15) is 0 Å². The molecule has 2 aromatic carbocycles. The topological polar surface area (TPSA) is 18.5 Å². The zero-order chi connectivity index (χ0) is 9.38. The van der Waals surface area contributed by atoms with E-state index in [0.29, 0.717) is 0 Å². The van der Waals surface area contributed by atoms with Crippen molar-refractivity contribution in [2.24, 2.45) is 0 Å². The molecule has 0 aliphatic carbocycles. The van der Waals surface area contributed by atoms with Gasteiger partial charge < -0.3 is 8.23 Å². The minimum Gasteiger partial charge on any atom is -0.419 e. The summed E-state index contributed by atoms with van der Waals surface area (Å²) in [5.41, 5.74) is 0. The molecule has 2 aromatic rings. The largest absolute Gasteiger partial charge is 0.419 e. The normalized spacial score (nSPS) is 22.4. The average molecular weight is 218 g/mol. The predicted molar refractivity (Wildman–Crippen MR) is 61.4 cm³/mol. The summed E-state index contributed by atoms with van der Waals surface area (Å²) in [6.45, 7) is 0. The molecule has 1 aliphatic heterocycles. The van der Waals surface area contributed by atoms with Crippen LogP contribution in [0.1, 0.15) is 0 Å². The van der Waals surface area contributed by atoms with E-state index in [-0.39, 0.29) is 0 Å². The van der Waals surface area contributed by atoms with Crippen molar-refractivity contribution in [2.45, 2.75) is 0 Å². The summed E-state index contributed by atoms with van der Waals surface area (Å²) in [7, 11) is -2.04. The van der Waals surface area contributed by atoms with Gasteiger partial charge in [-0.25, -0.2) is 0 Å². The minimum atomic E-state index is -1.45. The van der Waals surface area contributed by atoms with Gasteiger partial charge in [0, 0.05) is 0 Å². The lowest BCUT2D eigenvalue weighted by atomic mass is 10.1. The Bertz CT molecular complexity index is 463. The van der Waals surface area contributed by atoms with Crippen LogP contribution in [0.15, 0.2) is 42.5 Å². The van der Waals surface area contributed by atoms with E-state index < -0.39 is 19.3 Å². The molecule has 1 heterocycles. The number of hydrogen-bond acceptors (Lipinski definition) is 2. The van der Waals surface area contributed by atoms with Crippen LogP contribution in [0.4, 0.5) is 0 Å². The molecule has 4 heteroatoms. The maximum Gasteiger partial charge on any atom is 0.338 e. The Kier molecular flexibility index (Phi) is 1.99. The summed E-state index contributed by atoms with van der Waals surface area (Å²) in [5.74, 6) is 0. The molecule has 2 nitrogen and oxygen atoms in total. The van der Waals surface area contributed by atoms with Gasteiger partial charge in [0.05, 0.1) is 0 Å². The number of benzene rings is 2.